The van der Waals surface area contributed by atoms with Crippen molar-refractivity contribution in [1.29, 1.82) is 0 Å². The highest BCUT2D eigenvalue weighted by Gasteiger charge is 2.34. The van der Waals surface area contributed by atoms with Gasteiger partial charge >= 0.3 is 11.8 Å². The van der Waals surface area contributed by atoms with E-state index in [1.165, 1.54) is 28.6 Å². The van der Waals surface area contributed by atoms with Crippen LogP contribution in [0.1, 0.15) is 39.5 Å². The predicted molar refractivity (Wildman–Crippen MR) is 84.0 cm³/mol. The molecule has 0 saturated carbocycles. The van der Waals surface area contributed by atoms with Crippen molar-refractivity contribution < 1.29 is 13.9 Å². The molecule has 1 saturated heterocycles. The molecule has 2 heterocycles. The van der Waals surface area contributed by atoms with E-state index in [1.54, 1.807) is 20.8 Å². The Morgan fingerprint density at radius 1 is 1.55 bits per heavy atom. The van der Waals surface area contributed by atoms with Crippen LogP contribution in [0.3, 0.4) is 0 Å². The van der Waals surface area contributed by atoms with E-state index >= 15 is 0 Å². The van der Waals surface area contributed by atoms with Crippen LogP contribution in [-0.2, 0) is 4.74 Å². The fraction of sp³-hybridized carbons (Fsp3) is 0.643. The van der Waals surface area contributed by atoms with Crippen molar-refractivity contribution in [1.82, 2.24) is 9.55 Å². The molecule has 0 aromatic carbocycles. The van der Waals surface area contributed by atoms with Gasteiger partial charge in [0.15, 0.2) is 0 Å². The molecule has 1 N–H and O–H groups in total. The summed E-state index contributed by atoms with van der Waals surface area (Å²) in [5.41, 5.74) is -1.24. The highest BCUT2D eigenvalue weighted by molar-refractivity contribution is 8.00. The first kappa shape index (κ1) is 16.8. The Kier molecular flexibility index (Phi) is 4.79. The van der Waals surface area contributed by atoms with Gasteiger partial charge in [-0.25, -0.2) is 14.0 Å². The van der Waals surface area contributed by atoms with Crippen LogP contribution in [-0.4, -0.2) is 32.7 Å². The molecule has 0 radical (unpaired) electrons. The molecule has 2 rings (SSSR count). The molecular weight excluding hydrogens is 309 g/mol. The van der Waals surface area contributed by atoms with Crippen LogP contribution in [0.4, 0.5) is 15.0 Å². The number of nitrogens with one attached hydrogen (secondary N) is 1. The Labute approximate surface area is 132 Å². The van der Waals surface area contributed by atoms with Crippen molar-refractivity contribution in [2.24, 2.45) is 0 Å². The Morgan fingerprint density at radius 3 is 2.73 bits per heavy atom. The van der Waals surface area contributed by atoms with Crippen LogP contribution >= 0.6 is 11.8 Å². The second-order valence-corrected chi connectivity index (χ2v) is 7.78. The van der Waals surface area contributed by atoms with E-state index in [0.29, 0.717) is 6.42 Å². The minimum atomic E-state index is -1.08. The Balaban J connectivity index is 2.10. The summed E-state index contributed by atoms with van der Waals surface area (Å²) in [6.07, 6.45) is 0.0952. The van der Waals surface area contributed by atoms with Gasteiger partial charge in [0.2, 0.25) is 0 Å². The third-order valence-corrected chi connectivity index (χ3v) is 4.43. The average molecular weight is 329 g/mol. The highest BCUT2D eigenvalue weighted by atomic mass is 32.2. The molecule has 0 bridgehead atoms. The molecule has 8 heteroatoms. The number of carbonyl (C=O) groups is 1. The number of aromatic nitrogens is 2. The van der Waals surface area contributed by atoms with Gasteiger partial charge in [-0.05, 0) is 33.3 Å². The lowest BCUT2D eigenvalue weighted by molar-refractivity contribution is 0.0635. The van der Waals surface area contributed by atoms with Crippen molar-refractivity contribution in [2.45, 2.75) is 56.5 Å². The van der Waals surface area contributed by atoms with Gasteiger partial charge < -0.3 is 4.74 Å². The molecule has 22 heavy (non-hydrogen) atoms. The van der Waals surface area contributed by atoms with Crippen LogP contribution in [0.25, 0.3) is 0 Å². The Hall–Kier alpha value is -1.57. The molecule has 1 aromatic rings. The summed E-state index contributed by atoms with van der Waals surface area (Å²) in [5, 5.41) is 1.99. The van der Waals surface area contributed by atoms with Gasteiger partial charge in [0.25, 0.3) is 0 Å². The fourth-order valence-electron chi connectivity index (χ4n) is 2.14. The first-order chi connectivity index (χ1) is 10.2. The van der Waals surface area contributed by atoms with Gasteiger partial charge in [-0.3, -0.25) is 9.88 Å². The highest BCUT2D eigenvalue weighted by Crippen LogP contribution is 2.42. The maximum Gasteiger partial charge on any atom is 0.413 e. The smallest absolute Gasteiger partial charge is 0.413 e. The molecule has 0 spiro atoms. The normalized spacial score (nSPS) is 25.0. The minimum absolute atomic E-state index is 0.0851. The van der Waals surface area contributed by atoms with Crippen LogP contribution < -0.4 is 11.0 Å². The summed E-state index contributed by atoms with van der Waals surface area (Å²) < 4.78 is 20.2. The zero-order chi connectivity index (χ0) is 16.5. The first-order valence-corrected chi connectivity index (χ1v) is 7.99. The Morgan fingerprint density at radius 2 is 2.23 bits per heavy atom. The number of alkyl halides is 1. The lowest BCUT2D eigenvalue weighted by Crippen LogP contribution is -2.31. The number of amides is 1. The van der Waals surface area contributed by atoms with E-state index in [9.17, 15) is 14.0 Å². The zero-order valence-corrected chi connectivity index (χ0v) is 13.8. The lowest BCUT2D eigenvalue weighted by Gasteiger charge is -2.19. The maximum atomic E-state index is 13.9. The van der Waals surface area contributed by atoms with E-state index in [0.717, 1.165) is 0 Å². The predicted octanol–water partition coefficient (Wildman–Crippen LogP) is 2.95. The summed E-state index contributed by atoms with van der Waals surface area (Å²) in [5.74, 6) is 0.0851. The molecule has 6 nitrogen and oxygen atoms in total. The second kappa shape index (κ2) is 6.28. The standard InChI is InChI=1S/C14H20FN3O3S/c1-8-7-9(15)11(22-8)18-6-5-10(16-12(18)19)17-13(20)21-14(2,3)4/h5-6,8-9,11H,7H2,1-4H3,(H,16,17,19,20). The van der Waals surface area contributed by atoms with Crippen molar-refractivity contribution in [3.63, 3.8) is 0 Å². The SMILES string of the molecule is CC1CC(F)C(n2ccc(NC(=O)OC(C)(C)C)nc2=O)S1. The van der Waals surface area contributed by atoms with Gasteiger partial charge in [-0.15, -0.1) is 11.8 Å². The van der Waals surface area contributed by atoms with Crippen LogP contribution in [0.5, 0.6) is 0 Å². The quantitative estimate of drug-likeness (QED) is 0.903. The largest absolute Gasteiger partial charge is 0.444 e. The van der Waals surface area contributed by atoms with E-state index in [4.69, 9.17) is 4.74 Å². The topological polar surface area (TPSA) is 73.2 Å². The van der Waals surface area contributed by atoms with Crippen LogP contribution in [0, 0.1) is 0 Å². The summed E-state index contributed by atoms with van der Waals surface area (Å²) in [4.78, 5) is 27.4. The summed E-state index contributed by atoms with van der Waals surface area (Å²) in [6, 6.07) is 1.46. The molecule has 122 valence electrons. The van der Waals surface area contributed by atoms with Crippen molar-refractivity contribution in [3.8, 4) is 0 Å². The van der Waals surface area contributed by atoms with Gasteiger partial charge in [-0.1, -0.05) is 6.92 Å². The lowest BCUT2D eigenvalue weighted by atomic mass is 10.2. The summed E-state index contributed by atoms with van der Waals surface area (Å²) in [7, 11) is 0. The fourth-order valence-corrected chi connectivity index (χ4v) is 3.48. The van der Waals surface area contributed by atoms with E-state index in [2.05, 4.69) is 10.3 Å². The third kappa shape index (κ3) is 4.22. The Bertz CT molecular complexity index is 614. The second-order valence-electron chi connectivity index (χ2n) is 6.22. The van der Waals surface area contributed by atoms with Crippen LogP contribution in [0.15, 0.2) is 17.1 Å². The third-order valence-electron chi connectivity index (χ3n) is 2.97. The number of rotatable bonds is 2. The molecule has 1 fully saturated rings. The van der Waals surface area contributed by atoms with E-state index < -0.39 is 28.9 Å². The van der Waals surface area contributed by atoms with Crippen molar-refractivity contribution in [3.05, 3.63) is 22.7 Å². The van der Waals surface area contributed by atoms with Gasteiger partial charge in [0, 0.05) is 11.4 Å². The number of anilines is 1. The molecule has 1 aliphatic rings. The molecule has 3 atom stereocenters. The summed E-state index contributed by atoms with van der Waals surface area (Å²) >= 11 is 1.40. The molecule has 3 unspecified atom stereocenters. The van der Waals surface area contributed by atoms with Crippen LogP contribution in [0.2, 0.25) is 0 Å². The number of halogens is 1. The molecular formula is C14H20FN3O3S. The number of carbonyl (C=O) groups excluding carboxylic acids is 1. The summed E-state index contributed by atoms with van der Waals surface area (Å²) in [6.45, 7) is 7.13. The molecule has 1 aromatic heterocycles. The molecule has 1 aliphatic heterocycles. The van der Waals surface area contributed by atoms with Crippen molar-refractivity contribution >= 4 is 23.7 Å². The number of hydrogen-bond acceptors (Lipinski definition) is 5. The molecule has 0 aliphatic carbocycles. The van der Waals surface area contributed by atoms with E-state index in [1.807, 2.05) is 6.92 Å². The first-order valence-electron chi connectivity index (χ1n) is 7.04. The van der Waals surface area contributed by atoms with Gasteiger partial charge in [0.1, 0.15) is 23.0 Å². The number of thioether (sulfide) groups is 1. The van der Waals surface area contributed by atoms with Gasteiger partial charge in [0.05, 0.1) is 0 Å². The molecule has 1 amide bonds. The van der Waals surface area contributed by atoms with Gasteiger partial charge in [-0.2, -0.15) is 4.98 Å². The van der Waals surface area contributed by atoms with Crippen molar-refractivity contribution in [2.75, 3.05) is 5.32 Å². The number of ether oxygens (including phenoxy) is 1. The average Bonchev–Trinajstić information content (AvgIpc) is 2.66. The zero-order valence-electron chi connectivity index (χ0n) is 13.0. The number of hydrogen-bond donors (Lipinski definition) is 1. The minimum Gasteiger partial charge on any atom is -0.444 e. The monoisotopic (exact) mass is 329 g/mol. The maximum absolute atomic E-state index is 13.9. The van der Waals surface area contributed by atoms with E-state index in [-0.39, 0.29) is 11.1 Å². The number of nitrogens with zero attached hydrogens (tertiary/aromatic N) is 2.